The van der Waals surface area contributed by atoms with Crippen LogP contribution in [0.1, 0.15) is 38.1 Å². The van der Waals surface area contributed by atoms with Crippen LogP contribution in [0.15, 0.2) is 36.5 Å². The largest absolute Gasteiger partial charge is 0.332 e. The molecule has 0 radical (unpaired) electrons. The number of rotatable bonds is 4. The van der Waals surface area contributed by atoms with Crippen molar-refractivity contribution < 1.29 is 4.92 Å². The molecule has 0 spiro atoms. The Hall–Kier alpha value is -2.48. The van der Waals surface area contributed by atoms with E-state index >= 15 is 0 Å². The zero-order valence-corrected chi connectivity index (χ0v) is 14.0. The first-order chi connectivity index (χ1) is 11.6. The van der Waals surface area contributed by atoms with Gasteiger partial charge in [0.1, 0.15) is 5.82 Å². The smallest absolute Gasteiger partial charge is 0.269 e. The minimum atomic E-state index is -0.428. The zero-order chi connectivity index (χ0) is 16.9. The lowest BCUT2D eigenvalue weighted by molar-refractivity contribution is -0.384. The van der Waals surface area contributed by atoms with Crippen molar-refractivity contribution in [3.63, 3.8) is 0 Å². The van der Waals surface area contributed by atoms with Gasteiger partial charge < -0.3 is 10.6 Å². The van der Waals surface area contributed by atoms with Crippen molar-refractivity contribution in [2.24, 2.45) is 0 Å². The molecular weight excluding hydrogens is 326 g/mol. The first kappa shape index (κ1) is 16.4. The number of anilines is 2. The molecule has 7 nitrogen and oxygen atoms in total. The van der Waals surface area contributed by atoms with Crippen molar-refractivity contribution in [3.05, 3.63) is 46.6 Å². The molecule has 0 atom stereocenters. The highest BCUT2D eigenvalue weighted by Gasteiger charge is 2.18. The van der Waals surface area contributed by atoms with E-state index in [0.29, 0.717) is 16.8 Å². The highest BCUT2D eigenvalue weighted by Crippen LogP contribution is 2.30. The second kappa shape index (κ2) is 7.39. The van der Waals surface area contributed by atoms with Crippen molar-refractivity contribution >= 4 is 34.5 Å². The quantitative estimate of drug-likeness (QED) is 0.493. The highest BCUT2D eigenvalue weighted by atomic mass is 32.1. The fraction of sp³-hybridized carbons (Fsp3) is 0.375. The Morgan fingerprint density at radius 1 is 1.17 bits per heavy atom. The summed E-state index contributed by atoms with van der Waals surface area (Å²) in [5.74, 6) is 0.862. The summed E-state index contributed by atoms with van der Waals surface area (Å²) in [5.41, 5.74) is 0.747. The van der Waals surface area contributed by atoms with Gasteiger partial charge in [0, 0.05) is 23.9 Å². The molecule has 3 rings (SSSR count). The average Bonchev–Trinajstić information content (AvgIpc) is 3.04. The first-order valence-corrected chi connectivity index (χ1v) is 8.40. The molecule has 1 heterocycles. The van der Waals surface area contributed by atoms with E-state index in [1.807, 2.05) is 10.7 Å². The van der Waals surface area contributed by atoms with Crippen LogP contribution in [0.2, 0.25) is 0 Å². The van der Waals surface area contributed by atoms with E-state index in [-0.39, 0.29) is 5.69 Å². The minimum absolute atomic E-state index is 0.0507. The SMILES string of the molecule is O=[N+]([O-])c1ccc(NC(=S)Nc2ccnn2C2CCCCC2)cc1. The third-order valence-corrected chi connectivity index (χ3v) is 4.37. The number of nitrogens with zero attached hydrogens (tertiary/aromatic N) is 3. The number of nitro benzene ring substituents is 1. The van der Waals surface area contributed by atoms with E-state index in [0.717, 1.165) is 18.7 Å². The second-order valence-electron chi connectivity index (χ2n) is 5.84. The van der Waals surface area contributed by atoms with Gasteiger partial charge in [-0.15, -0.1) is 0 Å². The molecule has 0 unspecified atom stereocenters. The number of non-ortho nitro benzene ring substituents is 1. The molecule has 126 valence electrons. The van der Waals surface area contributed by atoms with Crippen molar-refractivity contribution in [1.29, 1.82) is 0 Å². The third-order valence-electron chi connectivity index (χ3n) is 4.17. The Balaban J connectivity index is 1.63. The Morgan fingerprint density at radius 2 is 1.88 bits per heavy atom. The molecule has 1 aromatic carbocycles. The summed E-state index contributed by atoms with van der Waals surface area (Å²) in [6, 6.07) is 8.46. The maximum absolute atomic E-state index is 10.7. The third kappa shape index (κ3) is 3.88. The number of thiocarbonyl (C=S) groups is 1. The summed E-state index contributed by atoms with van der Waals surface area (Å²) in [7, 11) is 0. The average molecular weight is 345 g/mol. The number of nitrogens with one attached hydrogen (secondary N) is 2. The number of nitro groups is 1. The summed E-state index contributed by atoms with van der Waals surface area (Å²) in [6.07, 6.45) is 7.80. The molecule has 0 amide bonds. The summed E-state index contributed by atoms with van der Waals surface area (Å²) in [6.45, 7) is 0. The number of hydrogen-bond donors (Lipinski definition) is 2. The van der Waals surface area contributed by atoms with Gasteiger partial charge in [0.15, 0.2) is 5.11 Å². The van der Waals surface area contributed by atoms with E-state index in [4.69, 9.17) is 12.2 Å². The molecule has 0 bridgehead atoms. The van der Waals surface area contributed by atoms with Gasteiger partial charge >= 0.3 is 0 Å². The zero-order valence-electron chi connectivity index (χ0n) is 13.1. The Morgan fingerprint density at radius 3 is 2.54 bits per heavy atom. The molecule has 1 aromatic heterocycles. The Labute approximate surface area is 145 Å². The number of hydrogen-bond acceptors (Lipinski definition) is 4. The second-order valence-corrected chi connectivity index (χ2v) is 6.24. The molecule has 2 N–H and O–H groups in total. The van der Waals surface area contributed by atoms with Crippen LogP contribution < -0.4 is 10.6 Å². The van der Waals surface area contributed by atoms with Gasteiger partial charge in [-0.1, -0.05) is 19.3 Å². The van der Waals surface area contributed by atoms with E-state index in [1.165, 1.54) is 31.4 Å². The van der Waals surface area contributed by atoms with Gasteiger partial charge in [-0.25, -0.2) is 4.68 Å². The topological polar surface area (TPSA) is 85.0 Å². The van der Waals surface area contributed by atoms with Crippen LogP contribution in [0.25, 0.3) is 0 Å². The predicted molar refractivity (Wildman–Crippen MR) is 97.3 cm³/mol. The van der Waals surface area contributed by atoms with Crippen molar-refractivity contribution in [3.8, 4) is 0 Å². The maximum Gasteiger partial charge on any atom is 0.269 e. The van der Waals surface area contributed by atoms with Gasteiger partial charge in [-0.3, -0.25) is 10.1 Å². The van der Waals surface area contributed by atoms with Gasteiger partial charge in [-0.2, -0.15) is 5.10 Å². The Kier molecular flexibility index (Phi) is 5.05. The maximum atomic E-state index is 10.7. The number of aromatic nitrogens is 2. The molecular formula is C16H19N5O2S. The van der Waals surface area contributed by atoms with Gasteiger partial charge in [0.05, 0.1) is 17.2 Å². The van der Waals surface area contributed by atoms with Crippen LogP contribution in [0.5, 0.6) is 0 Å². The monoisotopic (exact) mass is 345 g/mol. The van der Waals surface area contributed by atoms with E-state index < -0.39 is 4.92 Å². The molecule has 2 aromatic rings. The van der Waals surface area contributed by atoms with Crippen molar-refractivity contribution in [2.45, 2.75) is 38.1 Å². The van der Waals surface area contributed by atoms with Gasteiger partial charge in [-0.05, 0) is 37.2 Å². The highest BCUT2D eigenvalue weighted by molar-refractivity contribution is 7.80. The van der Waals surface area contributed by atoms with Crippen LogP contribution in [0.3, 0.4) is 0 Å². The molecule has 8 heteroatoms. The van der Waals surface area contributed by atoms with Crippen molar-refractivity contribution in [2.75, 3.05) is 10.6 Å². The van der Waals surface area contributed by atoms with Crippen LogP contribution >= 0.6 is 12.2 Å². The van der Waals surface area contributed by atoms with Crippen LogP contribution in [0, 0.1) is 10.1 Å². The molecule has 0 saturated heterocycles. The van der Waals surface area contributed by atoms with Gasteiger partial charge in [0.25, 0.3) is 5.69 Å². The summed E-state index contributed by atoms with van der Waals surface area (Å²) < 4.78 is 2.00. The fourth-order valence-electron chi connectivity index (χ4n) is 2.97. The summed E-state index contributed by atoms with van der Waals surface area (Å²) >= 11 is 5.33. The lowest BCUT2D eigenvalue weighted by Gasteiger charge is -2.24. The van der Waals surface area contributed by atoms with E-state index in [9.17, 15) is 10.1 Å². The standard InChI is InChI=1S/C16H19N5O2S/c22-21(23)14-8-6-12(7-9-14)18-16(24)19-15-10-11-17-20(15)13-4-2-1-3-5-13/h6-11,13H,1-5H2,(H2,18,19,24). The molecule has 1 saturated carbocycles. The summed E-state index contributed by atoms with van der Waals surface area (Å²) in [4.78, 5) is 10.2. The lowest BCUT2D eigenvalue weighted by atomic mass is 9.96. The predicted octanol–water partition coefficient (Wildman–Crippen LogP) is 4.11. The normalized spacial score (nSPS) is 15.0. The fourth-order valence-corrected chi connectivity index (χ4v) is 3.20. The van der Waals surface area contributed by atoms with E-state index in [1.54, 1.807) is 18.3 Å². The lowest BCUT2D eigenvalue weighted by Crippen LogP contribution is -2.23. The minimum Gasteiger partial charge on any atom is -0.332 e. The number of benzene rings is 1. The molecule has 24 heavy (non-hydrogen) atoms. The van der Waals surface area contributed by atoms with Gasteiger partial charge in [0.2, 0.25) is 0 Å². The molecule has 1 aliphatic rings. The van der Waals surface area contributed by atoms with Crippen LogP contribution in [-0.4, -0.2) is 19.8 Å². The van der Waals surface area contributed by atoms with Crippen LogP contribution in [0.4, 0.5) is 17.2 Å². The Bertz CT molecular complexity index is 722. The van der Waals surface area contributed by atoms with Crippen molar-refractivity contribution in [1.82, 2.24) is 9.78 Å². The first-order valence-electron chi connectivity index (χ1n) is 7.99. The summed E-state index contributed by atoms with van der Waals surface area (Å²) in [5, 5.41) is 21.7. The van der Waals surface area contributed by atoms with E-state index in [2.05, 4.69) is 15.7 Å². The van der Waals surface area contributed by atoms with Crippen LogP contribution in [-0.2, 0) is 0 Å². The molecule has 0 aliphatic heterocycles. The molecule has 1 aliphatic carbocycles. The molecule has 1 fully saturated rings.